The molecule has 4 rings (SSSR count). The number of sulfone groups is 1. The van der Waals surface area contributed by atoms with Crippen molar-refractivity contribution in [2.45, 2.75) is 49.5 Å². The van der Waals surface area contributed by atoms with Gasteiger partial charge < -0.3 is 9.64 Å². The molecule has 0 amide bonds. The average Bonchev–Trinajstić information content (AvgIpc) is 3.06. The Morgan fingerprint density at radius 2 is 1.75 bits per heavy atom. The van der Waals surface area contributed by atoms with E-state index in [1.165, 1.54) is 0 Å². The fourth-order valence-corrected chi connectivity index (χ4v) is 6.34. The van der Waals surface area contributed by atoms with Gasteiger partial charge in [0.25, 0.3) is 0 Å². The molecule has 0 fully saturated rings. The Balaban J connectivity index is 1.95. The van der Waals surface area contributed by atoms with Crippen molar-refractivity contribution in [3.63, 3.8) is 0 Å². The van der Waals surface area contributed by atoms with Gasteiger partial charge in [-0.1, -0.05) is 24.3 Å². The molecule has 0 spiro atoms. The smallest absolute Gasteiger partial charge is 0.190 e. The van der Waals surface area contributed by atoms with E-state index in [4.69, 9.17) is 4.74 Å². The molecule has 0 N–H and O–H groups in total. The summed E-state index contributed by atoms with van der Waals surface area (Å²) >= 11 is 0. The Bertz CT molecular complexity index is 1070. The summed E-state index contributed by atoms with van der Waals surface area (Å²) in [5.74, 6) is 0.787. The molecule has 2 atom stereocenters. The highest BCUT2D eigenvalue weighted by Crippen LogP contribution is 2.58. The molecule has 28 heavy (non-hydrogen) atoms. The second kappa shape index (κ2) is 6.75. The van der Waals surface area contributed by atoms with E-state index in [1.54, 1.807) is 12.1 Å². The van der Waals surface area contributed by atoms with Gasteiger partial charge in [-0.25, -0.2) is 8.42 Å². The first-order valence-electron chi connectivity index (χ1n) is 9.75. The molecule has 2 aromatic carbocycles. The summed E-state index contributed by atoms with van der Waals surface area (Å²) in [7, 11) is 0.679. The van der Waals surface area contributed by atoms with E-state index >= 15 is 0 Å². The summed E-state index contributed by atoms with van der Waals surface area (Å²) in [5, 5.41) is -0.600. The zero-order valence-electron chi connectivity index (χ0n) is 17.1. The number of hydrogen-bond acceptors (Lipinski definition) is 4. The molecule has 148 valence electrons. The molecule has 1 heterocycles. The SMILES string of the molecule is CC(C)Oc1ccc2c(c1)C(CC(C)N(C)C)=C1c3ccccc3S(=O)(=O)C12. The summed E-state index contributed by atoms with van der Waals surface area (Å²) in [6, 6.07) is 13.6. The number of rotatable bonds is 5. The summed E-state index contributed by atoms with van der Waals surface area (Å²) in [6.45, 7) is 6.16. The van der Waals surface area contributed by atoms with E-state index in [-0.39, 0.29) is 6.10 Å². The fraction of sp³-hybridized carbons (Fsp3) is 0.391. The van der Waals surface area contributed by atoms with Gasteiger partial charge in [-0.2, -0.15) is 0 Å². The maximum Gasteiger partial charge on any atom is 0.190 e. The molecule has 2 aliphatic rings. The third-order valence-corrected chi connectivity index (χ3v) is 7.85. The minimum atomic E-state index is -3.43. The van der Waals surface area contributed by atoms with Gasteiger partial charge in [0, 0.05) is 6.04 Å². The Morgan fingerprint density at radius 3 is 2.43 bits per heavy atom. The molecule has 0 aromatic heterocycles. The molecule has 0 saturated heterocycles. The summed E-state index contributed by atoms with van der Waals surface area (Å²) in [5.41, 5.74) is 4.84. The van der Waals surface area contributed by atoms with Gasteiger partial charge in [0.2, 0.25) is 0 Å². The van der Waals surface area contributed by atoms with Crippen molar-refractivity contribution in [2.75, 3.05) is 14.1 Å². The van der Waals surface area contributed by atoms with Crippen molar-refractivity contribution in [3.05, 3.63) is 59.2 Å². The van der Waals surface area contributed by atoms with Crippen molar-refractivity contribution in [2.24, 2.45) is 0 Å². The molecule has 2 aromatic rings. The van der Waals surface area contributed by atoms with E-state index in [0.717, 1.165) is 40.0 Å². The predicted molar refractivity (Wildman–Crippen MR) is 113 cm³/mol. The van der Waals surface area contributed by atoms with E-state index < -0.39 is 15.1 Å². The lowest BCUT2D eigenvalue weighted by Crippen LogP contribution is -2.24. The van der Waals surface area contributed by atoms with Crippen LogP contribution in [0.3, 0.4) is 0 Å². The lowest BCUT2D eigenvalue weighted by molar-refractivity contribution is 0.242. The minimum Gasteiger partial charge on any atom is -0.491 e. The average molecular weight is 398 g/mol. The highest BCUT2D eigenvalue weighted by Gasteiger charge is 2.48. The van der Waals surface area contributed by atoms with Crippen LogP contribution in [0.1, 0.15) is 49.1 Å². The van der Waals surface area contributed by atoms with Crippen LogP contribution in [0, 0.1) is 0 Å². The lowest BCUT2D eigenvalue weighted by Gasteiger charge is -2.22. The largest absolute Gasteiger partial charge is 0.491 e. The molecule has 2 unspecified atom stereocenters. The first kappa shape index (κ1) is 19.2. The molecular formula is C23H27NO3S. The molecule has 1 aliphatic heterocycles. The van der Waals surface area contributed by atoms with E-state index in [1.807, 2.05) is 44.2 Å². The van der Waals surface area contributed by atoms with Crippen molar-refractivity contribution >= 4 is 21.0 Å². The molecule has 4 nitrogen and oxygen atoms in total. The van der Waals surface area contributed by atoms with Crippen LogP contribution >= 0.6 is 0 Å². The second-order valence-electron chi connectivity index (χ2n) is 8.25. The minimum absolute atomic E-state index is 0.0696. The quantitative estimate of drug-likeness (QED) is 0.742. The number of ether oxygens (including phenoxy) is 1. The number of benzene rings is 2. The van der Waals surface area contributed by atoms with Gasteiger partial charge in [0.1, 0.15) is 11.0 Å². The third kappa shape index (κ3) is 2.88. The Morgan fingerprint density at radius 1 is 1.04 bits per heavy atom. The molecule has 5 heteroatoms. The van der Waals surface area contributed by atoms with Crippen molar-refractivity contribution in [1.82, 2.24) is 4.90 Å². The Labute approximate surface area is 167 Å². The highest BCUT2D eigenvalue weighted by atomic mass is 32.2. The number of hydrogen-bond donors (Lipinski definition) is 0. The summed E-state index contributed by atoms with van der Waals surface area (Å²) in [4.78, 5) is 2.63. The first-order chi connectivity index (χ1) is 13.2. The van der Waals surface area contributed by atoms with E-state index in [0.29, 0.717) is 10.9 Å². The zero-order chi connectivity index (χ0) is 20.2. The van der Waals surface area contributed by atoms with Gasteiger partial charge in [-0.15, -0.1) is 0 Å². The van der Waals surface area contributed by atoms with Gasteiger partial charge in [-0.05, 0) is 87.3 Å². The summed E-state index contributed by atoms with van der Waals surface area (Å²) < 4.78 is 32.7. The van der Waals surface area contributed by atoms with Gasteiger partial charge >= 0.3 is 0 Å². The van der Waals surface area contributed by atoms with E-state index in [2.05, 4.69) is 25.9 Å². The zero-order valence-corrected chi connectivity index (χ0v) is 17.9. The standard InChI is InChI=1S/C23H27NO3S/c1-14(2)27-16-10-11-17-19(13-16)20(12-15(3)24(4)5)22-18-8-6-7-9-21(18)28(25,26)23(17)22/h6-11,13-15,23H,12H2,1-5H3. The van der Waals surface area contributed by atoms with Gasteiger partial charge in [-0.3, -0.25) is 0 Å². The van der Waals surface area contributed by atoms with Crippen LogP contribution in [0.5, 0.6) is 5.75 Å². The molecule has 1 aliphatic carbocycles. The van der Waals surface area contributed by atoms with E-state index in [9.17, 15) is 8.42 Å². The van der Waals surface area contributed by atoms with Crippen LogP contribution in [-0.4, -0.2) is 39.6 Å². The monoisotopic (exact) mass is 397 g/mol. The van der Waals surface area contributed by atoms with Gasteiger partial charge in [0.15, 0.2) is 9.84 Å². The van der Waals surface area contributed by atoms with Crippen LogP contribution in [0.2, 0.25) is 0 Å². The molecule has 0 bridgehead atoms. The Kier molecular flexibility index (Phi) is 4.63. The third-order valence-electron chi connectivity index (χ3n) is 5.77. The summed E-state index contributed by atoms with van der Waals surface area (Å²) in [6.07, 6.45) is 0.862. The van der Waals surface area contributed by atoms with Crippen LogP contribution in [0.25, 0.3) is 11.1 Å². The fourth-order valence-electron chi connectivity index (χ4n) is 4.22. The van der Waals surface area contributed by atoms with Crippen LogP contribution in [0.4, 0.5) is 0 Å². The Hall–Kier alpha value is -2.11. The van der Waals surface area contributed by atoms with Crippen LogP contribution in [-0.2, 0) is 9.84 Å². The van der Waals surface area contributed by atoms with Crippen LogP contribution in [0.15, 0.2) is 47.4 Å². The number of nitrogens with zero attached hydrogens (tertiary/aromatic N) is 1. The molecule has 0 saturated carbocycles. The lowest BCUT2D eigenvalue weighted by atomic mass is 9.95. The van der Waals surface area contributed by atoms with Crippen molar-refractivity contribution in [3.8, 4) is 5.75 Å². The normalized spacial score (nSPS) is 20.3. The number of fused-ring (bicyclic) bond motifs is 5. The molecular weight excluding hydrogens is 370 g/mol. The van der Waals surface area contributed by atoms with Crippen molar-refractivity contribution < 1.29 is 13.2 Å². The maximum absolute atomic E-state index is 13.4. The maximum atomic E-state index is 13.4. The van der Waals surface area contributed by atoms with Gasteiger partial charge in [0.05, 0.1) is 11.0 Å². The predicted octanol–water partition coefficient (Wildman–Crippen LogP) is 4.57. The topological polar surface area (TPSA) is 46.6 Å². The first-order valence-corrected chi connectivity index (χ1v) is 11.3. The van der Waals surface area contributed by atoms with Crippen LogP contribution < -0.4 is 4.74 Å². The molecule has 0 radical (unpaired) electrons. The second-order valence-corrected chi connectivity index (χ2v) is 10.2. The highest BCUT2D eigenvalue weighted by molar-refractivity contribution is 7.92. The van der Waals surface area contributed by atoms with Crippen molar-refractivity contribution in [1.29, 1.82) is 0 Å².